The monoisotopic (exact) mass is 928 g/mol. The summed E-state index contributed by atoms with van der Waals surface area (Å²) in [4.78, 5) is 4.85. The Bertz CT molecular complexity index is 3950. The van der Waals surface area contributed by atoms with Crippen molar-refractivity contribution in [3.63, 3.8) is 0 Å². The standard InChI is InChI=1S/C68H49ClN2/c1-42-34-46(69)38-50(35-42)71(48-30-33-58-59-31-28-45-27-26-44-16-8-9-19-53(44)65(45)66(59)67(3,4)63(58)40-48)52-37-43(2)36-51(39-52)70(47-17-6-5-7-18-47)49-29-32-57-56-22-12-15-25-62(56)68(64(57)41-49)60-23-13-10-20-54(60)55-21-11-14-24-61(55)68/h5-41H,1-4H3. The van der Waals surface area contributed by atoms with Gasteiger partial charge in [-0.25, -0.2) is 0 Å². The summed E-state index contributed by atoms with van der Waals surface area (Å²) in [6.07, 6.45) is 0. The zero-order valence-corrected chi connectivity index (χ0v) is 40.9. The second-order valence-corrected chi connectivity index (χ2v) is 20.8. The van der Waals surface area contributed by atoms with Crippen molar-refractivity contribution in [3.05, 3.63) is 274 Å². The van der Waals surface area contributed by atoms with Crippen LogP contribution < -0.4 is 9.80 Å². The van der Waals surface area contributed by atoms with Crippen molar-refractivity contribution >= 4 is 67.3 Å². The molecule has 0 saturated heterocycles. The molecule has 14 rings (SSSR count). The molecular weight excluding hydrogens is 880 g/mol. The van der Waals surface area contributed by atoms with E-state index in [1.165, 1.54) is 88.3 Å². The Morgan fingerprint density at radius 1 is 0.338 bits per heavy atom. The van der Waals surface area contributed by atoms with Gasteiger partial charge in [0.1, 0.15) is 0 Å². The van der Waals surface area contributed by atoms with Crippen LogP contribution in [-0.2, 0) is 10.8 Å². The highest BCUT2D eigenvalue weighted by molar-refractivity contribution is 6.31. The fraction of sp³-hybridized carbons (Fsp3) is 0.0882. The van der Waals surface area contributed by atoms with Gasteiger partial charge in [0, 0.05) is 44.6 Å². The molecule has 0 amide bonds. The molecule has 11 aromatic rings. The molecule has 0 N–H and O–H groups in total. The summed E-state index contributed by atoms with van der Waals surface area (Å²) < 4.78 is 0. The maximum absolute atomic E-state index is 7.00. The third kappa shape index (κ3) is 6.01. The van der Waals surface area contributed by atoms with Gasteiger partial charge in [-0.1, -0.05) is 177 Å². The first-order valence-electron chi connectivity index (χ1n) is 24.8. The number of halogens is 1. The average Bonchev–Trinajstić information content (AvgIpc) is 3.97. The van der Waals surface area contributed by atoms with Gasteiger partial charge in [0.15, 0.2) is 0 Å². The first-order valence-corrected chi connectivity index (χ1v) is 25.1. The summed E-state index contributed by atoms with van der Waals surface area (Å²) >= 11 is 7.00. The second-order valence-electron chi connectivity index (χ2n) is 20.4. The molecule has 0 aliphatic heterocycles. The van der Waals surface area contributed by atoms with E-state index < -0.39 is 5.41 Å². The third-order valence-corrected chi connectivity index (χ3v) is 16.1. The van der Waals surface area contributed by atoms with Crippen molar-refractivity contribution in [2.75, 3.05) is 9.80 Å². The van der Waals surface area contributed by atoms with Gasteiger partial charge in [0.2, 0.25) is 0 Å². The van der Waals surface area contributed by atoms with E-state index in [9.17, 15) is 0 Å². The van der Waals surface area contributed by atoms with Crippen LogP contribution in [0.25, 0.3) is 54.9 Å². The Labute approximate surface area is 420 Å². The number of nitrogens with zero attached hydrogens (tertiary/aromatic N) is 2. The van der Waals surface area contributed by atoms with Crippen LogP contribution in [0.2, 0.25) is 5.02 Å². The minimum absolute atomic E-state index is 0.271. The highest BCUT2D eigenvalue weighted by Gasteiger charge is 2.51. The number of anilines is 6. The molecule has 3 heteroatoms. The summed E-state index contributed by atoms with van der Waals surface area (Å²) in [5, 5.41) is 5.89. The normalized spacial score (nSPS) is 13.9. The van der Waals surface area contributed by atoms with Gasteiger partial charge in [-0.15, -0.1) is 0 Å². The molecule has 0 radical (unpaired) electrons. The Balaban J connectivity index is 0.962. The summed E-state index contributed by atoms with van der Waals surface area (Å²) in [5.74, 6) is 0. The lowest BCUT2D eigenvalue weighted by Crippen LogP contribution is -2.26. The van der Waals surface area contributed by atoms with Crippen molar-refractivity contribution in [1.29, 1.82) is 0 Å². The van der Waals surface area contributed by atoms with Gasteiger partial charge >= 0.3 is 0 Å². The van der Waals surface area contributed by atoms with Gasteiger partial charge in [-0.3, -0.25) is 0 Å². The van der Waals surface area contributed by atoms with Crippen LogP contribution in [0.4, 0.5) is 34.1 Å². The number of fused-ring (bicyclic) bond motifs is 17. The molecule has 3 aliphatic carbocycles. The number of rotatable bonds is 6. The van der Waals surface area contributed by atoms with Crippen LogP contribution in [0, 0.1) is 13.8 Å². The predicted molar refractivity (Wildman–Crippen MR) is 299 cm³/mol. The molecule has 0 fully saturated rings. The molecule has 0 heterocycles. The Hall–Kier alpha value is -8.17. The molecule has 0 atom stereocenters. The van der Waals surface area contributed by atoms with E-state index >= 15 is 0 Å². The third-order valence-electron chi connectivity index (χ3n) is 15.9. The number of para-hydroxylation sites is 1. The van der Waals surface area contributed by atoms with Crippen LogP contribution in [0.3, 0.4) is 0 Å². The summed E-state index contributed by atoms with van der Waals surface area (Å²) in [7, 11) is 0. The van der Waals surface area contributed by atoms with Crippen molar-refractivity contribution in [3.8, 4) is 33.4 Å². The van der Waals surface area contributed by atoms with E-state index in [2.05, 4.69) is 256 Å². The summed E-state index contributed by atoms with van der Waals surface area (Å²) in [6.45, 7) is 9.16. The van der Waals surface area contributed by atoms with Crippen LogP contribution in [0.5, 0.6) is 0 Å². The number of aryl methyl sites for hydroxylation is 2. The van der Waals surface area contributed by atoms with Crippen LogP contribution in [-0.4, -0.2) is 0 Å². The minimum atomic E-state index is -0.461. The SMILES string of the molecule is Cc1cc(Cl)cc(N(c2cc(C)cc(N(c3ccccc3)c3ccc4c(c3)C3(c5ccccc5-c5ccccc53)c3ccccc3-4)c2)c2ccc3c(c2)C(C)(C)c2c-3ccc3ccc4ccccc4c23)c1. The minimum Gasteiger partial charge on any atom is -0.310 e. The molecule has 71 heavy (non-hydrogen) atoms. The molecule has 2 nitrogen and oxygen atoms in total. The lowest BCUT2D eigenvalue weighted by molar-refractivity contribution is 0.666. The van der Waals surface area contributed by atoms with Crippen LogP contribution in [0.15, 0.2) is 224 Å². The molecule has 11 aromatic carbocycles. The van der Waals surface area contributed by atoms with E-state index in [0.717, 1.165) is 45.3 Å². The van der Waals surface area contributed by atoms with Crippen LogP contribution >= 0.6 is 11.6 Å². The predicted octanol–water partition coefficient (Wildman–Crippen LogP) is 18.9. The molecule has 338 valence electrons. The first-order chi connectivity index (χ1) is 34.7. The van der Waals surface area contributed by atoms with E-state index in [4.69, 9.17) is 11.6 Å². The molecule has 0 aromatic heterocycles. The fourth-order valence-electron chi connectivity index (χ4n) is 13.1. The summed E-state index contributed by atoms with van der Waals surface area (Å²) in [5.41, 5.74) is 23.7. The number of hydrogen-bond acceptors (Lipinski definition) is 2. The lowest BCUT2D eigenvalue weighted by Gasteiger charge is -2.33. The zero-order valence-electron chi connectivity index (χ0n) is 40.1. The van der Waals surface area contributed by atoms with Crippen LogP contribution in [0.1, 0.15) is 58.4 Å². The molecule has 0 unspecified atom stereocenters. The van der Waals surface area contributed by atoms with Crippen molar-refractivity contribution in [1.82, 2.24) is 0 Å². The van der Waals surface area contributed by atoms with Gasteiger partial charge in [-0.05, 0) is 186 Å². The Morgan fingerprint density at radius 2 is 0.803 bits per heavy atom. The maximum Gasteiger partial charge on any atom is 0.0726 e. The van der Waals surface area contributed by atoms with Crippen molar-refractivity contribution in [2.24, 2.45) is 0 Å². The van der Waals surface area contributed by atoms with E-state index in [-0.39, 0.29) is 5.41 Å². The van der Waals surface area contributed by atoms with Gasteiger partial charge in [0.05, 0.1) is 5.41 Å². The highest BCUT2D eigenvalue weighted by Crippen LogP contribution is 2.63. The topological polar surface area (TPSA) is 6.48 Å². The van der Waals surface area contributed by atoms with Crippen molar-refractivity contribution in [2.45, 2.75) is 38.5 Å². The largest absolute Gasteiger partial charge is 0.310 e. The smallest absolute Gasteiger partial charge is 0.0726 e. The van der Waals surface area contributed by atoms with E-state index in [0.29, 0.717) is 5.02 Å². The molecular formula is C68H49ClN2. The first kappa shape index (κ1) is 41.8. The van der Waals surface area contributed by atoms with Gasteiger partial charge < -0.3 is 9.80 Å². The van der Waals surface area contributed by atoms with E-state index in [1.54, 1.807) is 0 Å². The Kier molecular flexibility index (Phi) is 9.07. The average molecular weight is 930 g/mol. The lowest BCUT2D eigenvalue weighted by atomic mass is 9.70. The van der Waals surface area contributed by atoms with E-state index in [1.807, 2.05) is 6.07 Å². The maximum atomic E-state index is 7.00. The second kappa shape index (κ2) is 15.4. The molecule has 0 bridgehead atoms. The summed E-state index contributed by atoms with van der Waals surface area (Å²) in [6, 6.07) is 83.7. The number of benzene rings is 11. The number of hydrogen-bond donors (Lipinski definition) is 0. The molecule has 0 saturated carbocycles. The van der Waals surface area contributed by atoms with Gasteiger partial charge in [-0.2, -0.15) is 0 Å². The fourth-order valence-corrected chi connectivity index (χ4v) is 13.4. The van der Waals surface area contributed by atoms with Gasteiger partial charge in [0.25, 0.3) is 0 Å². The van der Waals surface area contributed by atoms with Crippen molar-refractivity contribution < 1.29 is 0 Å². The molecule has 3 aliphatic rings. The quantitative estimate of drug-likeness (QED) is 0.153. The Morgan fingerprint density at radius 3 is 1.44 bits per heavy atom. The zero-order chi connectivity index (χ0) is 47.8. The molecule has 1 spiro atoms. The highest BCUT2D eigenvalue weighted by atomic mass is 35.5.